The normalized spacial score (nSPS) is 11.2. The van der Waals surface area contributed by atoms with Gasteiger partial charge < -0.3 is 15.0 Å². The second kappa shape index (κ2) is 4.97. The number of rotatable bonds is 4. The third-order valence-electron chi connectivity index (χ3n) is 3.34. The van der Waals surface area contributed by atoms with Gasteiger partial charge in [-0.2, -0.15) is 0 Å². The molecule has 0 amide bonds. The Balaban J connectivity index is 1.90. The maximum atomic E-state index is 5.86. The summed E-state index contributed by atoms with van der Waals surface area (Å²) in [5.74, 6) is 1.49. The zero-order chi connectivity index (χ0) is 14.1. The Morgan fingerprint density at radius 2 is 2.25 bits per heavy atom. The summed E-state index contributed by atoms with van der Waals surface area (Å²) < 4.78 is 12.9. The quantitative estimate of drug-likeness (QED) is 0.785. The average molecular weight is 272 g/mol. The van der Waals surface area contributed by atoms with Crippen LogP contribution in [0.5, 0.6) is 5.75 Å². The summed E-state index contributed by atoms with van der Waals surface area (Å²) in [5.41, 5.74) is 9.21. The van der Waals surface area contributed by atoms with E-state index in [0.717, 1.165) is 28.4 Å². The highest BCUT2D eigenvalue weighted by Gasteiger charge is 2.12. The predicted octanol–water partition coefficient (Wildman–Crippen LogP) is 1.98. The van der Waals surface area contributed by atoms with Crippen LogP contribution in [-0.2, 0) is 13.2 Å². The van der Waals surface area contributed by atoms with Crippen molar-refractivity contribution in [3.8, 4) is 5.75 Å². The van der Waals surface area contributed by atoms with Gasteiger partial charge in [0.05, 0.1) is 23.1 Å². The number of hydrogen-bond acceptors (Lipinski definition) is 5. The van der Waals surface area contributed by atoms with Gasteiger partial charge in [0.15, 0.2) is 11.4 Å². The van der Waals surface area contributed by atoms with Crippen molar-refractivity contribution in [2.75, 3.05) is 0 Å². The zero-order valence-corrected chi connectivity index (χ0v) is 11.5. The van der Waals surface area contributed by atoms with E-state index in [1.807, 2.05) is 36.6 Å². The maximum absolute atomic E-state index is 5.86. The minimum atomic E-state index is 0.408. The number of pyridine rings is 1. The molecule has 0 bridgehead atoms. The van der Waals surface area contributed by atoms with Crippen molar-refractivity contribution in [2.24, 2.45) is 5.73 Å². The number of imidazole rings is 1. The minimum absolute atomic E-state index is 0.408. The maximum Gasteiger partial charge on any atom is 0.179 e. The fourth-order valence-electron chi connectivity index (χ4n) is 2.16. The summed E-state index contributed by atoms with van der Waals surface area (Å²) in [6.45, 7) is 4.62. The highest BCUT2D eigenvalue weighted by Crippen LogP contribution is 2.22. The van der Waals surface area contributed by atoms with Gasteiger partial charge in [0, 0.05) is 12.7 Å². The largest absolute Gasteiger partial charge is 0.485 e. The highest BCUT2D eigenvalue weighted by atomic mass is 16.5. The van der Waals surface area contributed by atoms with Crippen LogP contribution >= 0.6 is 0 Å². The molecular weight excluding hydrogens is 256 g/mol. The molecule has 0 aromatic carbocycles. The van der Waals surface area contributed by atoms with Crippen molar-refractivity contribution in [2.45, 2.75) is 27.0 Å². The molecule has 3 heterocycles. The van der Waals surface area contributed by atoms with E-state index in [2.05, 4.69) is 10.1 Å². The summed E-state index contributed by atoms with van der Waals surface area (Å²) in [7, 11) is 0. The molecule has 20 heavy (non-hydrogen) atoms. The van der Waals surface area contributed by atoms with Gasteiger partial charge >= 0.3 is 0 Å². The monoisotopic (exact) mass is 272 g/mol. The third-order valence-corrected chi connectivity index (χ3v) is 3.34. The molecule has 0 fully saturated rings. The molecule has 0 aliphatic rings. The van der Waals surface area contributed by atoms with E-state index in [1.54, 1.807) is 6.20 Å². The number of fused-ring (bicyclic) bond motifs is 1. The van der Waals surface area contributed by atoms with Gasteiger partial charge in [-0.1, -0.05) is 5.16 Å². The second-order valence-electron chi connectivity index (χ2n) is 4.61. The predicted molar refractivity (Wildman–Crippen MR) is 73.4 cm³/mol. The summed E-state index contributed by atoms with van der Waals surface area (Å²) >= 11 is 0. The van der Waals surface area contributed by atoms with Crippen molar-refractivity contribution in [1.82, 2.24) is 14.5 Å². The number of aryl methyl sites for hydroxylation is 2. The van der Waals surface area contributed by atoms with Gasteiger partial charge in [0.25, 0.3) is 0 Å². The topological polar surface area (TPSA) is 78.6 Å². The molecule has 0 radical (unpaired) electrons. The fraction of sp³-hybridized carbons (Fsp3) is 0.286. The first-order chi connectivity index (χ1) is 9.70. The molecule has 0 saturated carbocycles. The highest BCUT2D eigenvalue weighted by molar-refractivity contribution is 5.54. The van der Waals surface area contributed by atoms with Gasteiger partial charge in [-0.15, -0.1) is 0 Å². The molecule has 0 saturated heterocycles. The average Bonchev–Trinajstić information content (AvgIpc) is 3.01. The van der Waals surface area contributed by atoms with Crippen molar-refractivity contribution in [3.05, 3.63) is 47.2 Å². The molecule has 104 valence electrons. The van der Waals surface area contributed by atoms with Crippen LogP contribution in [0.3, 0.4) is 0 Å². The molecule has 6 heteroatoms. The van der Waals surface area contributed by atoms with Crippen LogP contribution in [0.1, 0.15) is 22.7 Å². The number of nitrogens with two attached hydrogens (primary N) is 1. The number of hydrogen-bond donors (Lipinski definition) is 1. The lowest BCUT2D eigenvalue weighted by Crippen LogP contribution is -2.02. The van der Waals surface area contributed by atoms with Crippen LogP contribution in [0.2, 0.25) is 0 Å². The molecule has 2 N–H and O–H groups in total. The van der Waals surface area contributed by atoms with Crippen molar-refractivity contribution < 1.29 is 9.26 Å². The first-order valence-corrected chi connectivity index (χ1v) is 6.40. The molecular formula is C14H16N4O2. The van der Waals surface area contributed by atoms with Crippen molar-refractivity contribution in [1.29, 1.82) is 0 Å². The van der Waals surface area contributed by atoms with E-state index in [9.17, 15) is 0 Å². The number of nitrogens with zero attached hydrogens (tertiary/aromatic N) is 3. The Kier molecular flexibility index (Phi) is 3.15. The molecule has 3 aromatic heterocycles. The van der Waals surface area contributed by atoms with Crippen LogP contribution in [0.15, 0.2) is 29.0 Å². The molecule has 0 spiro atoms. The summed E-state index contributed by atoms with van der Waals surface area (Å²) in [6, 6.07) is 3.80. The summed E-state index contributed by atoms with van der Waals surface area (Å²) in [5, 5.41) is 3.92. The van der Waals surface area contributed by atoms with Gasteiger partial charge in [0.1, 0.15) is 12.4 Å². The SMILES string of the molecule is Cc1noc(C)c1COc1cccn2c(CN)cnc12. The Hall–Kier alpha value is -2.34. The number of ether oxygens (including phenoxy) is 1. The lowest BCUT2D eigenvalue weighted by Gasteiger charge is -2.07. The van der Waals surface area contributed by atoms with Crippen LogP contribution < -0.4 is 10.5 Å². The lowest BCUT2D eigenvalue weighted by atomic mass is 10.2. The van der Waals surface area contributed by atoms with E-state index >= 15 is 0 Å². The van der Waals surface area contributed by atoms with Crippen LogP contribution in [0.4, 0.5) is 0 Å². The molecule has 3 rings (SSSR count). The molecule has 6 nitrogen and oxygen atoms in total. The third kappa shape index (κ3) is 2.04. The van der Waals surface area contributed by atoms with Crippen LogP contribution in [0, 0.1) is 13.8 Å². The van der Waals surface area contributed by atoms with Gasteiger partial charge in [-0.05, 0) is 26.0 Å². The zero-order valence-electron chi connectivity index (χ0n) is 11.5. The molecule has 3 aromatic rings. The van der Waals surface area contributed by atoms with E-state index in [1.165, 1.54) is 0 Å². The summed E-state index contributed by atoms with van der Waals surface area (Å²) in [6.07, 6.45) is 3.69. The Labute approximate surface area is 116 Å². The van der Waals surface area contributed by atoms with E-state index < -0.39 is 0 Å². The smallest absolute Gasteiger partial charge is 0.179 e. The first-order valence-electron chi connectivity index (χ1n) is 6.40. The van der Waals surface area contributed by atoms with Gasteiger partial charge in [-0.3, -0.25) is 4.40 Å². The molecule has 0 unspecified atom stereocenters. The standard InChI is InChI=1S/C14H16N4O2/c1-9-12(10(2)20-17-9)8-19-13-4-3-5-18-11(6-15)7-16-14(13)18/h3-5,7H,6,8,15H2,1-2H3. The van der Waals surface area contributed by atoms with Crippen LogP contribution in [-0.4, -0.2) is 14.5 Å². The summed E-state index contributed by atoms with van der Waals surface area (Å²) in [4.78, 5) is 4.35. The van der Waals surface area contributed by atoms with Crippen molar-refractivity contribution in [3.63, 3.8) is 0 Å². The second-order valence-corrected chi connectivity index (χ2v) is 4.61. The van der Waals surface area contributed by atoms with E-state index in [0.29, 0.717) is 18.9 Å². The van der Waals surface area contributed by atoms with E-state index in [-0.39, 0.29) is 0 Å². The van der Waals surface area contributed by atoms with Crippen LogP contribution in [0.25, 0.3) is 5.65 Å². The minimum Gasteiger partial charge on any atom is -0.485 e. The molecule has 0 atom stereocenters. The lowest BCUT2D eigenvalue weighted by molar-refractivity contribution is 0.303. The van der Waals surface area contributed by atoms with Gasteiger partial charge in [0.2, 0.25) is 0 Å². The van der Waals surface area contributed by atoms with E-state index in [4.69, 9.17) is 15.0 Å². The van der Waals surface area contributed by atoms with Gasteiger partial charge in [-0.25, -0.2) is 4.98 Å². The fourth-order valence-corrected chi connectivity index (χ4v) is 2.16. The Bertz CT molecular complexity index is 725. The first kappa shape index (κ1) is 12.7. The molecule has 0 aliphatic heterocycles. The Morgan fingerprint density at radius 3 is 2.95 bits per heavy atom. The molecule has 0 aliphatic carbocycles. The number of aromatic nitrogens is 3. The Morgan fingerprint density at radius 1 is 1.40 bits per heavy atom. The van der Waals surface area contributed by atoms with Crippen molar-refractivity contribution >= 4 is 5.65 Å².